The van der Waals surface area contributed by atoms with E-state index in [4.69, 9.17) is 10.1 Å². The van der Waals surface area contributed by atoms with Gasteiger partial charge in [0.1, 0.15) is 29.8 Å². The summed E-state index contributed by atoms with van der Waals surface area (Å²) in [4.78, 5) is 14.7. The molecule has 0 bridgehead atoms. The van der Waals surface area contributed by atoms with Crippen molar-refractivity contribution in [2.75, 3.05) is 31.5 Å². The highest BCUT2D eigenvalue weighted by Crippen LogP contribution is 2.19. The summed E-state index contributed by atoms with van der Waals surface area (Å²) >= 11 is 0. The van der Waals surface area contributed by atoms with E-state index in [1.807, 2.05) is 0 Å². The second-order valence-electron chi connectivity index (χ2n) is 6.63. The second kappa shape index (κ2) is 9.93. The SMILES string of the molecule is N=CC(=C(OCc1cccc(F)c1)C(=O)Nc1cc(F)cc(F)c1)N1CCNCC1. The van der Waals surface area contributed by atoms with Gasteiger partial charge in [-0.15, -0.1) is 0 Å². The standard InChI is InChI=1S/C21H21F3N4O2/c22-15-3-1-2-14(8-15)13-30-20(19(12-25)28-6-4-26-5-7-28)21(29)27-18-10-16(23)9-17(24)11-18/h1-3,8-12,25-26H,4-7,13H2,(H,27,29). The topological polar surface area (TPSA) is 77.5 Å². The van der Waals surface area contributed by atoms with Gasteiger partial charge in [0, 0.05) is 44.1 Å². The summed E-state index contributed by atoms with van der Waals surface area (Å²) in [5.41, 5.74) is 0.623. The van der Waals surface area contributed by atoms with Crippen LogP contribution in [0.25, 0.3) is 0 Å². The number of hydrogen-bond acceptors (Lipinski definition) is 5. The predicted octanol–water partition coefficient (Wildman–Crippen LogP) is 3.03. The Balaban J connectivity index is 1.89. The van der Waals surface area contributed by atoms with Crippen LogP contribution in [0.4, 0.5) is 18.9 Å². The minimum Gasteiger partial charge on any atom is -0.481 e. The number of halogens is 3. The number of piperazine rings is 1. The van der Waals surface area contributed by atoms with Gasteiger partial charge in [-0.1, -0.05) is 12.1 Å². The summed E-state index contributed by atoms with van der Waals surface area (Å²) in [6.45, 7) is 2.27. The number of allylic oxidation sites excluding steroid dienone is 1. The first-order valence-electron chi connectivity index (χ1n) is 9.31. The first-order chi connectivity index (χ1) is 14.5. The van der Waals surface area contributed by atoms with E-state index < -0.39 is 23.4 Å². The van der Waals surface area contributed by atoms with Crippen LogP contribution in [0.1, 0.15) is 5.56 Å². The van der Waals surface area contributed by atoms with Crippen LogP contribution in [0.15, 0.2) is 53.9 Å². The third kappa shape index (κ3) is 5.60. The number of amides is 1. The van der Waals surface area contributed by atoms with E-state index in [1.165, 1.54) is 18.2 Å². The summed E-state index contributed by atoms with van der Waals surface area (Å²) in [7, 11) is 0. The van der Waals surface area contributed by atoms with E-state index >= 15 is 0 Å². The number of anilines is 1. The molecule has 158 valence electrons. The van der Waals surface area contributed by atoms with E-state index in [-0.39, 0.29) is 23.8 Å². The van der Waals surface area contributed by atoms with Crippen molar-refractivity contribution in [1.82, 2.24) is 10.2 Å². The number of benzene rings is 2. The third-order valence-electron chi connectivity index (χ3n) is 4.43. The molecule has 2 aromatic carbocycles. The molecule has 0 unspecified atom stereocenters. The lowest BCUT2D eigenvalue weighted by atomic mass is 10.2. The van der Waals surface area contributed by atoms with Gasteiger partial charge >= 0.3 is 0 Å². The second-order valence-corrected chi connectivity index (χ2v) is 6.63. The number of carbonyl (C=O) groups is 1. The molecule has 0 radical (unpaired) electrons. The van der Waals surface area contributed by atoms with Gasteiger partial charge in [-0.25, -0.2) is 13.2 Å². The van der Waals surface area contributed by atoms with Crippen LogP contribution in [0, 0.1) is 22.9 Å². The first-order valence-corrected chi connectivity index (χ1v) is 9.31. The molecule has 6 nitrogen and oxygen atoms in total. The molecule has 1 aliphatic rings. The molecule has 0 atom stereocenters. The zero-order valence-electron chi connectivity index (χ0n) is 16.1. The van der Waals surface area contributed by atoms with Crippen molar-refractivity contribution < 1.29 is 22.7 Å². The van der Waals surface area contributed by atoms with Crippen LogP contribution < -0.4 is 10.6 Å². The van der Waals surface area contributed by atoms with Gasteiger partial charge in [-0.3, -0.25) is 4.79 Å². The molecule has 1 fully saturated rings. The number of rotatable bonds is 7. The molecular formula is C21H21F3N4O2. The molecule has 2 aromatic rings. The Labute approximate surface area is 171 Å². The highest BCUT2D eigenvalue weighted by molar-refractivity contribution is 6.05. The monoisotopic (exact) mass is 418 g/mol. The van der Waals surface area contributed by atoms with Crippen molar-refractivity contribution in [3.05, 3.63) is 76.9 Å². The van der Waals surface area contributed by atoms with Gasteiger partial charge in [0.05, 0.1) is 0 Å². The van der Waals surface area contributed by atoms with Gasteiger partial charge in [-0.05, 0) is 29.8 Å². The van der Waals surface area contributed by atoms with Crippen LogP contribution in [0.5, 0.6) is 0 Å². The smallest absolute Gasteiger partial charge is 0.293 e. The number of nitrogens with one attached hydrogen (secondary N) is 3. The molecule has 1 saturated heterocycles. The summed E-state index contributed by atoms with van der Waals surface area (Å²) < 4.78 is 46.1. The average molecular weight is 418 g/mol. The van der Waals surface area contributed by atoms with Crippen molar-refractivity contribution in [2.45, 2.75) is 6.61 Å². The fourth-order valence-corrected chi connectivity index (χ4v) is 3.06. The summed E-state index contributed by atoms with van der Waals surface area (Å²) in [5.74, 6) is -3.10. The fourth-order valence-electron chi connectivity index (χ4n) is 3.06. The van der Waals surface area contributed by atoms with E-state index in [1.54, 1.807) is 11.0 Å². The van der Waals surface area contributed by atoms with Gasteiger partial charge < -0.3 is 25.7 Å². The number of carbonyl (C=O) groups excluding carboxylic acids is 1. The fraction of sp³-hybridized carbons (Fsp3) is 0.238. The summed E-state index contributed by atoms with van der Waals surface area (Å²) in [6, 6.07) is 8.34. The van der Waals surface area contributed by atoms with Crippen LogP contribution in [-0.2, 0) is 16.1 Å². The number of hydrogen-bond donors (Lipinski definition) is 3. The van der Waals surface area contributed by atoms with Crippen molar-refractivity contribution in [2.24, 2.45) is 0 Å². The quantitative estimate of drug-likeness (QED) is 0.367. The molecule has 3 N–H and O–H groups in total. The van der Waals surface area contributed by atoms with Crippen LogP contribution in [-0.4, -0.2) is 43.2 Å². The maximum absolute atomic E-state index is 13.5. The van der Waals surface area contributed by atoms with Crippen molar-refractivity contribution in [3.8, 4) is 0 Å². The maximum Gasteiger partial charge on any atom is 0.293 e. The zero-order valence-corrected chi connectivity index (χ0v) is 16.1. The molecular weight excluding hydrogens is 397 g/mol. The van der Waals surface area contributed by atoms with Crippen molar-refractivity contribution >= 4 is 17.8 Å². The predicted molar refractivity (Wildman–Crippen MR) is 106 cm³/mol. The Morgan fingerprint density at radius 1 is 1.10 bits per heavy atom. The first kappa shape index (κ1) is 21.4. The van der Waals surface area contributed by atoms with E-state index in [2.05, 4.69) is 10.6 Å². The van der Waals surface area contributed by atoms with Crippen molar-refractivity contribution in [3.63, 3.8) is 0 Å². The van der Waals surface area contributed by atoms with Gasteiger partial charge in [0.2, 0.25) is 5.76 Å². The molecule has 0 aromatic heterocycles. The Kier molecular flexibility index (Phi) is 7.08. The lowest BCUT2D eigenvalue weighted by molar-refractivity contribution is -0.116. The molecule has 1 heterocycles. The Morgan fingerprint density at radius 3 is 2.43 bits per heavy atom. The molecule has 1 amide bonds. The maximum atomic E-state index is 13.5. The van der Waals surface area contributed by atoms with Crippen molar-refractivity contribution in [1.29, 1.82) is 5.41 Å². The van der Waals surface area contributed by atoms with Crippen LogP contribution in [0.3, 0.4) is 0 Å². The van der Waals surface area contributed by atoms with Crippen LogP contribution in [0.2, 0.25) is 0 Å². The lowest BCUT2D eigenvalue weighted by Crippen LogP contribution is -2.44. The largest absolute Gasteiger partial charge is 0.481 e. The van der Waals surface area contributed by atoms with E-state index in [9.17, 15) is 18.0 Å². The minimum absolute atomic E-state index is 0.0889. The Bertz CT molecular complexity index is 939. The van der Waals surface area contributed by atoms with E-state index in [0.717, 1.165) is 18.3 Å². The Hall–Kier alpha value is -3.33. The molecule has 1 aliphatic heterocycles. The molecule has 0 saturated carbocycles. The van der Waals surface area contributed by atoms with Gasteiger partial charge in [-0.2, -0.15) is 0 Å². The zero-order chi connectivity index (χ0) is 21.5. The average Bonchev–Trinajstić information content (AvgIpc) is 2.71. The summed E-state index contributed by atoms with van der Waals surface area (Å²) in [5, 5.41) is 13.4. The minimum atomic E-state index is -0.842. The highest BCUT2D eigenvalue weighted by atomic mass is 19.1. The molecule has 9 heteroatoms. The molecule has 3 rings (SSSR count). The summed E-state index contributed by atoms with van der Waals surface area (Å²) in [6.07, 6.45) is 0.998. The van der Waals surface area contributed by atoms with E-state index in [0.29, 0.717) is 37.8 Å². The van der Waals surface area contributed by atoms with Gasteiger partial charge in [0.25, 0.3) is 5.91 Å². The number of nitrogens with zero attached hydrogens (tertiary/aromatic N) is 1. The highest BCUT2D eigenvalue weighted by Gasteiger charge is 2.23. The Morgan fingerprint density at radius 2 is 1.80 bits per heavy atom. The normalized spacial score (nSPS) is 14.7. The molecule has 0 spiro atoms. The lowest BCUT2D eigenvalue weighted by Gasteiger charge is -2.31. The molecule has 30 heavy (non-hydrogen) atoms. The van der Waals surface area contributed by atoms with Crippen LogP contribution >= 0.6 is 0 Å². The number of ether oxygens (including phenoxy) is 1. The van der Waals surface area contributed by atoms with Gasteiger partial charge in [0.15, 0.2) is 0 Å². The molecule has 0 aliphatic carbocycles. The third-order valence-corrected chi connectivity index (χ3v) is 4.43.